The molecule has 0 radical (unpaired) electrons. The topological polar surface area (TPSA) is 32.3 Å². The molecule has 1 aliphatic rings. The predicted molar refractivity (Wildman–Crippen MR) is 53.7 cm³/mol. The first-order valence-electron chi connectivity index (χ1n) is 4.45. The van der Waals surface area contributed by atoms with Gasteiger partial charge in [-0.25, -0.2) is 0 Å². The van der Waals surface area contributed by atoms with Crippen molar-refractivity contribution < 1.29 is 5.11 Å². The van der Waals surface area contributed by atoms with Crippen LogP contribution in [-0.4, -0.2) is 18.7 Å². The summed E-state index contributed by atoms with van der Waals surface area (Å²) in [7, 11) is 1.95. The van der Waals surface area contributed by atoms with Crippen molar-refractivity contribution in [3.8, 4) is 5.75 Å². The summed E-state index contributed by atoms with van der Waals surface area (Å²) in [6.07, 6.45) is 3.15. The lowest BCUT2D eigenvalue weighted by molar-refractivity contribution is 0.474. The number of benzene rings is 1. The maximum atomic E-state index is 9.27. The van der Waals surface area contributed by atoms with E-state index in [9.17, 15) is 5.11 Å². The van der Waals surface area contributed by atoms with Gasteiger partial charge in [0.25, 0.3) is 0 Å². The van der Waals surface area contributed by atoms with Gasteiger partial charge < -0.3 is 10.4 Å². The quantitative estimate of drug-likeness (QED) is 0.714. The van der Waals surface area contributed by atoms with Crippen LogP contribution in [0, 0.1) is 0 Å². The molecule has 68 valence electrons. The van der Waals surface area contributed by atoms with Gasteiger partial charge in [-0.1, -0.05) is 17.7 Å². The Morgan fingerprint density at radius 1 is 1.46 bits per heavy atom. The molecule has 1 aliphatic carbocycles. The van der Waals surface area contributed by atoms with E-state index in [2.05, 4.69) is 11.4 Å². The fraction of sp³-hybridized carbons (Fsp3) is 0.273. The molecule has 0 amide bonds. The molecule has 13 heavy (non-hydrogen) atoms. The summed E-state index contributed by atoms with van der Waals surface area (Å²) in [4.78, 5) is 0. The molecule has 1 aromatic carbocycles. The van der Waals surface area contributed by atoms with Gasteiger partial charge in [0.15, 0.2) is 0 Å². The monoisotopic (exact) mass is 175 g/mol. The number of phenols is 1. The first-order chi connectivity index (χ1) is 6.29. The summed E-state index contributed by atoms with van der Waals surface area (Å²) in [6, 6.07) is 5.54. The van der Waals surface area contributed by atoms with E-state index in [1.807, 2.05) is 19.2 Å². The molecule has 0 unspecified atom stereocenters. The second-order valence-corrected chi connectivity index (χ2v) is 3.39. The molecule has 2 heteroatoms. The van der Waals surface area contributed by atoms with Gasteiger partial charge in [-0.05, 0) is 36.7 Å². The summed E-state index contributed by atoms with van der Waals surface area (Å²) >= 11 is 0. The van der Waals surface area contributed by atoms with E-state index < -0.39 is 0 Å². The van der Waals surface area contributed by atoms with E-state index >= 15 is 0 Å². The van der Waals surface area contributed by atoms with Crippen molar-refractivity contribution in [1.29, 1.82) is 0 Å². The summed E-state index contributed by atoms with van der Waals surface area (Å²) in [6.45, 7) is 0.926. The van der Waals surface area contributed by atoms with E-state index in [1.165, 1.54) is 16.7 Å². The first-order valence-corrected chi connectivity index (χ1v) is 4.45. The maximum Gasteiger partial charge on any atom is 0.115 e. The van der Waals surface area contributed by atoms with Crippen LogP contribution in [0.3, 0.4) is 0 Å². The summed E-state index contributed by atoms with van der Waals surface area (Å²) in [5.74, 6) is 0.359. The normalized spacial score (nSPS) is 14.1. The average molecular weight is 175 g/mol. The maximum absolute atomic E-state index is 9.27. The number of rotatable bonds is 2. The van der Waals surface area contributed by atoms with Gasteiger partial charge in [-0.3, -0.25) is 0 Å². The van der Waals surface area contributed by atoms with Gasteiger partial charge in [0.05, 0.1) is 0 Å². The Balaban J connectivity index is 2.25. The molecule has 0 aromatic heterocycles. The van der Waals surface area contributed by atoms with Crippen molar-refractivity contribution in [2.75, 3.05) is 13.6 Å². The van der Waals surface area contributed by atoms with E-state index in [1.54, 1.807) is 6.07 Å². The second kappa shape index (κ2) is 3.23. The predicted octanol–water partition coefficient (Wildman–Crippen LogP) is 1.55. The van der Waals surface area contributed by atoms with Gasteiger partial charge in [-0.2, -0.15) is 0 Å². The van der Waals surface area contributed by atoms with Crippen LogP contribution < -0.4 is 5.32 Å². The van der Waals surface area contributed by atoms with Crippen molar-refractivity contribution in [1.82, 2.24) is 5.32 Å². The van der Waals surface area contributed by atoms with Crippen molar-refractivity contribution in [2.24, 2.45) is 0 Å². The Labute approximate surface area is 77.9 Å². The Kier molecular flexibility index (Phi) is 2.07. The molecule has 2 rings (SSSR count). The number of hydrogen-bond acceptors (Lipinski definition) is 2. The van der Waals surface area contributed by atoms with Crippen LogP contribution in [0.5, 0.6) is 5.75 Å². The highest BCUT2D eigenvalue weighted by Gasteiger charge is 2.11. The Morgan fingerprint density at radius 2 is 2.31 bits per heavy atom. The highest BCUT2D eigenvalue weighted by atomic mass is 16.3. The minimum atomic E-state index is 0.359. The van der Waals surface area contributed by atoms with Crippen LogP contribution in [0.15, 0.2) is 23.8 Å². The smallest absolute Gasteiger partial charge is 0.115 e. The van der Waals surface area contributed by atoms with Crippen LogP contribution in [0.2, 0.25) is 0 Å². The Hall–Kier alpha value is -1.28. The number of nitrogens with one attached hydrogen (secondary N) is 1. The minimum Gasteiger partial charge on any atom is -0.508 e. The fourth-order valence-electron chi connectivity index (χ4n) is 1.74. The highest BCUT2D eigenvalue weighted by molar-refractivity contribution is 5.65. The molecule has 0 atom stereocenters. The molecule has 0 bridgehead atoms. The molecular weight excluding hydrogens is 162 g/mol. The number of likely N-dealkylation sites (N-methyl/N-ethyl adjacent to an activating group) is 1. The lowest BCUT2D eigenvalue weighted by atomic mass is 10.1. The molecule has 0 heterocycles. The Bertz CT molecular complexity index is 355. The van der Waals surface area contributed by atoms with Gasteiger partial charge in [-0.15, -0.1) is 0 Å². The number of aromatic hydroxyl groups is 1. The van der Waals surface area contributed by atoms with E-state index in [0.717, 1.165) is 13.0 Å². The van der Waals surface area contributed by atoms with Crippen LogP contribution in [0.1, 0.15) is 11.1 Å². The minimum absolute atomic E-state index is 0.359. The van der Waals surface area contributed by atoms with Crippen LogP contribution in [0.4, 0.5) is 0 Å². The Morgan fingerprint density at radius 3 is 3.08 bits per heavy atom. The molecule has 0 fully saturated rings. The average Bonchev–Trinajstić information content (AvgIpc) is 2.46. The first kappa shape index (κ1) is 8.32. The highest BCUT2D eigenvalue weighted by Crippen LogP contribution is 2.27. The van der Waals surface area contributed by atoms with Crippen LogP contribution in [-0.2, 0) is 6.42 Å². The standard InChI is InChI=1S/C11H13NO/c1-12-7-8-4-9-2-3-11(13)6-10(9)5-8/h2-4,6,12-13H,5,7H2,1H3. The van der Waals surface area contributed by atoms with E-state index in [4.69, 9.17) is 0 Å². The number of phenolic OH excluding ortho intramolecular Hbond substituents is 1. The molecular formula is C11H13NO. The lowest BCUT2D eigenvalue weighted by Crippen LogP contribution is -2.09. The third-order valence-corrected chi connectivity index (χ3v) is 2.31. The molecule has 0 spiro atoms. The van der Waals surface area contributed by atoms with Crippen molar-refractivity contribution >= 4 is 6.08 Å². The lowest BCUT2D eigenvalue weighted by Gasteiger charge is -2.00. The third-order valence-electron chi connectivity index (χ3n) is 2.31. The van der Waals surface area contributed by atoms with Crippen LogP contribution in [0.25, 0.3) is 6.08 Å². The van der Waals surface area contributed by atoms with E-state index in [-0.39, 0.29) is 0 Å². The molecule has 1 aromatic rings. The molecule has 0 saturated heterocycles. The zero-order valence-corrected chi connectivity index (χ0v) is 7.67. The zero-order chi connectivity index (χ0) is 9.26. The third kappa shape index (κ3) is 1.58. The molecule has 0 aliphatic heterocycles. The largest absolute Gasteiger partial charge is 0.508 e. The number of hydrogen-bond donors (Lipinski definition) is 2. The van der Waals surface area contributed by atoms with Gasteiger partial charge in [0.2, 0.25) is 0 Å². The van der Waals surface area contributed by atoms with Crippen molar-refractivity contribution in [3.05, 3.63) is 34.9 Å². The molecule has 0 saturated carbocycles. The van der Waals surface area contributed by atoms with Crippen molar-refractivity contribution in [2.45, 2.75) is 6.42 Å². The molecule has 2 N–H and O–H groups in total. The SMILES string of the molecule is CNCC1=Cc2ccc(O)cc2C1. The summed E-state index contributed by atoms with van der Waals surface area (Å²) in [5, 5.41) is 12.4. The summed E-state index contributed by atoms with van der Waals surface area (Å²) < 4.78 is 0. The number of fused-ring (bicyclic) bond motifs is 1. The zero-order valence-electron chi connectivity index (χ0n) is 7.67. The van der Waals surface area contributed by atoms with Gasteiger partial charge in [0.1, 0.15) is 5.75 Å². The summed E-state index contributed by atoms with van der Waals surface area (Å²) in [5.41, 5.74) is 3.84. The van der Waals surface area contributed by atoms with Gasteiger partial charge in [0, 0.05) is 6.54 Å². The van der Waals surface area contributed by atoms with Gasteiger partial charge >= 0.3 is 0 Å². The fourth-order valence-corrected chi connectivity index (χ4v) is 1.74. The van der Waals surface area contributed by atoms with Crippen LogP contribution >= 0.6 is 0 Å². The second-order valence-electron chi connectivity index (χ2n) is 3.39. The molecule has 2 nitrogen and oxygen atoms in total. The van der Waals surface area contributed by atoms with E-state index in [0.29, 0.717) is 5.75 Å². The van der Waals surface area contributed by atoms with Crippen molar-refractivity contribution in [3.63, 3.8) is 0 Å².